The molecule has 3 aromatic rings. The van der Waals surface area contributed by atoms with Gasteiger partial charge < -0.3 is 9.72 Å². The van der Waals surface area contributed by atoms with Crippen LogP contribution >= 0.6 is 0 Å². The first-order valence-corrected chi connectivity index (χ1v) is 8.47. The SMILES string of the molecule is N#CC1CC(Oc2ccc(Cc3cc4ccccc4[nH]c3=O)cc2)C1. The molecule has 1 aliphatic carbocycles. The van der Waals surface area contributed by atoms with Gasteiger partial charge in [0, 0.05) is 30.3 Å². The molecule has 0 aliphatic heterocycles. The number of nitrogens with one attached hydrogen (secondary N) is 1. The molecule has 0 spiro atoms. The summed E-state index contributed by atoms with van der Waals surface area (Å²) in [5.41, 5.74) is 2.63. The van der Waals surface area contributed by atoms with Gasteiger partial charge in [-0.15, -0.1) is 0 Å². The van der Waals surface area contributed by atoms with Crippen LogP contribution in [0.3, 0.4) is 0 Å². The number of fused-ring (bicyclic) bond motifs is 1. The fraction of sp³-hybridized carbons (Fsp3) is 0.238. The van der Waals surface area contributed by atoms with Crippen LogP contribution in [0.5, 0.6) is 5.75 Å². The zero-order chi connectivity index (χ0) is 17.2. The summed E-state index contributed by atoms with van der Waals surface area (Å²) in [6.45, 7) is 0. The molecule has 4 nitrogen and oxygen atoms in total. The minimum Gasteiger partial charge on any atom is -0.490 e. The van der Waals surface area contributed by atoms with E-state index in [2.05, 4.69) is 11.1 Å². The van der Waals surface area contributed by atoms with Crippen LogP contribution in [-0.4, -0.2) is 11.1 Å². The summed E-state index contributed by atoms with van der Waals surface area (Å²) in [6, 6.07) is 19.8. The molecule has 4 heteroatoms. The average Bonchev–Trinajstić information content (AvgIpc) is 2.60. The van der Waals surface area contributed by atoms with E-state index in [9.17, 15) is 4.79 Å². The van der Waals surface area contributed by atoms with Crippen molar-refractivity contribution in [2.45, 2.75) is 25.4 Å². The lowest BCUT2D eigenvalue weighted by molar-refractivity contribution is 0.0893. The van der Waals surface area contributed by atoms with Crippen molar-refractivity contribution >= 4 is 10.9 Å². The molecule has 1 aromatic heterocycles. The second-order valence-electron chi connectivity index (χ2n) is 6.57. The molecule has 0 unspecified atom stereocenters. The third-order valence-corrected chi connectivity index (χ3v) is 4.73. The fourth-order valence-electron chi connectivity index (χ4n) is 3.19. The minimum atomic E-state index is -0.0453. The first kappa shape index (κ1) is 15.5. The third-order valence-electron chi connectivity index (χ3n) is 4.73. The maximum Gasteiger partial charge on any atom is 0.251 e. The zero-order valence-electron chi connectivity index (χ0n) is 13.7. The molecule has 124 valence electrons. The van der Waals surface area contributed by atoms with Crippen molar-refractivity contribution in [2.24, 2.45) is 5.92 Å². The second-order valence-corrected chi connectivity index (χ2v) is 6.57. The lowest BCUT2D eigenvalue weighted by Crippen LogP contribution is -2.32. The molecule has 1 heterocycles. The van der Waals surface area contributed by atoms with Gasteiger partial charge in [0.25, 0.3) is 5.56 Å². The topological polar surface area (TPSA) is 65.9 Å². The van der Waals surface area contributed by atoms with Gasteiger partial charge in [0.2, 0.25) is 0 Å². The van der Waals surface area contributed by atoms with Crippen LogP contribution in [0.1, 0.15) is 24.0 Å². The Balaban J connectivity index is 1.47. The molecule has 25 heavy (non-hydrogen) atoms. The summed E-state index contributed by atoms with van der Waals surface area (Å²) in [7, 11) is 0. The number of benzene rings is 2. The first-order chi connectivity index (χ1) is 12.2. The fourth-order valence-corrected chi connectivity index (χ4v) is 3.19. The van der Waals surface area contributed by atoms with Crippen molar-refractivity contribution < 1.29 is 4.74 Å². The summed E-state index contributed by atoms with van der Waals surface area (Å²) in [6.07, 6.45) is 2.36. The van der Waals surface area contributed by atoms with Crippen LogP contribution in [0, 0.1) is 17.2 Å². The van der Waals surface area contributed by atoms with E-state index in [1.54, 1.807) is 0 Å². The molecular formula is C21H18N2O2. The number of aromatic amines is 1. The number of rotatable bonds is 4. The predicted molar refractivity (Wildman–Crippen MR) is 96.6 cm³/mol. The highest BCUT2D eigenvalue weighted by atomic mass is 16.5. The van der Waals surface area contributed by atoms with Gasteiger partial charge in [-0.1, -0.05) is 30.3 Å². The van der Waals surface area contributed by atoms with E-state index in [0.717, 1.165) is 40.6 Å². The molecule has 2 aromatic carbocycles. The van der Waals surface area contributed by atoms with Crippen molar-refractivity contribution in [3.05, 3.63) is 76.1 Å². The average molecular weight is 330 g/mol. The highest BCUT2D eigenvalue weighted by Gasteiger charge is 2.30. The molecule has 0 atom stereocenters. The molecular weight excluding hydrogens is 312 g/mol. The lowest BCUT2D eigenvalue weighted by atomic mass is 9.83. The summed E-state index contributed by atoms with van der Waals surface area (Å²) in [5, 5.41) is 9.84. The number of ether oxygens (including phenoxy) is 1. The molecule has 0 saturated heterocycles. The van der Waals surface area contributed by atoms with Crippen molar-refractivity contribution in [3.63, 3.8) is 0 Å². The highest BCUT2D eigenvalue weighted by molar-refractivity contribution is 5.78. The molecule has 1 saturated carbocycles. The van der Waals surface area contributed by atoms with Gasteiger partial charge in [0.1, 0.15) is 11.9 Å². The number of aromatic nitrogens is 1. The molecule has 1 N–H and O–H groups in total. The number of nitrogens with zero attached hydrogens (tertiary/aromatic N) is 1. The van der Waals surface area contributed by atoms with Crippen molar-refractivity contribution in [1.82, 2.24) is 4.98 Å². The van der Waals surface area contributed by atoms with Crippen LogP contribution in [-0.2, 0) is 6.42 Å². The Morgan fingerprint density at radius 1 is 1.12 bits per heavy atom. The Kier molecular flexibility index (Phi) is 3.99. The summed E-state index contributed by atoms with van der Waals surface area (Å²) in [4.78, 5) is 15.2. The number of hydrogen-bond donors (Lipinski definition) is 1. The van der Waals surface area contributed by atoms with Gasteiger partial charge >= 0.3 is 0 Å². The largest absolute Gasteiger partial charge is 0.490 e. The normalized spacial score (nSPS) is 19.2. The maximum atomic E-state index is 12.2. The van der Waals surface area contributed by atoms with Crippen molar-refractivity contribution in [3.8, 4) is 11.8 Å². The minimum absolute atomic E-state index is 0.0453. The number of para-hydroxylation sites is 1. The molecule has 0 bridgehead atoms. The van der Waals surface area contributed by atoms with Crippen LogP contribution in [0.4, 0.5) is 0 Å². The summed E-state index contributed by atoms with van der Waals surface area (Å²) in [5.74, 6) is 0.960. The smallest absolute Gasteiger partial charge is 0.251 e. The molecule has 4 rings (SSSR count). The van der Waals surface area contributed by atoms with Gasteiger partial charge in [-0.2, -0.15) is 5.26 Å². The zero-order valence-corrected chi connectivity index (χ0v) is 13.7. The Labute approximate surface area is 145 Å². The first-order valence-electron chi connectivity index (χ1n) is 8.47. The van der Waals surface area contributed by atoms with E-state index >= 15 is 0 Å². The summed E-state index contributed by atoms with van der Waals surface area (Å²) >= 11 is 0. The lowest BCUT2D eigenvalue weighted by Gasteiger charge is -2.30. The quantitative estimate of drug-likeness (QED) is 0.791. The number of nitriles is 1. The van der Waals surface area contributed by atoms with Gasteiger partial charge in [0.05, 0.1) is 12.0 Å². The van der Waals surface area contributed by atoms with E-state index in [1.165, 1.54) is 0 Å². The van der Waals surface area contributed by atoms with Crippen molar-refractivity contribution in [1.29, 1.82) is 5.26 Å². The molecule has 1 fully saturated rings. The number of hydrogen-bond acceptors (Lipinski definition) is 3. The van der Waals surface area contributed by atoms with E-state index in [4.69, 9.17) is 10.00 Å². The molecule has 0 amide bonds. The van der Waals surface area contributed by atoms with Gasteiger partial charge in [-0.25, -0.2) is 0 Å². The summed E-state index contributed by atoms with van der Waals surface area (Å²) < 4.78 is 5.85. The third kappa shape index (κ3) is 3.27. The predicted octanol–water partition coefficient (Wildman–Crippen LogP) is 3.80. The van der Waals surface area contributed by atoms with Gasteiger partial charge in [-0.05, 0) is 35.2 Å². The van der Waals surface area contributed by atoms with Crippen LogP contribution in [0.15, 0.2) is 59.4 Å². The maximum absolute atomic E-state index is 12.2. The second kappa shape index (κ2) is 6.45. The number of pyridine rings is 1. The van der Waals surface area contributed by atoms with E-state index in [-0.39, 0.29) is 17.6 Å². The Hall–Kier alpha value is -3.06. The van der Waals surface area contributed by atoms with E-state index in [1.807, 2.05) is 54.6 Å². The van der Waals surface area contributed by atoms with E-state index in [0.29, 0.717) is 6.42 Å². The Bertz CT molecular complexity index is 993. The molecule has 1 aliphatic rings. The molecule has 0 radical (unpaired) electrons. The van der Waals surface area contributed by atoms with Crippen molar-refractivity contribution in [2.75, 3.05) is 0 Å². The monoisotopic (exact) mass is 330 g/mol. The van der Waals surface area contributed by atoms with Gasteiger partial charge in [0.15, 0.2) is 0 Å². The van der Waals surface area contributed by atoms with Crippen LogP contribution in [0.2, 0.25) is 0 Å². The highest BCUT2D eigenvalue weighted by Crippen LogP contribution is 2.30. The Morgan fingerprint density at radius 3 is 2.64 bits per heavy atom. The number of H-pyrrole nitrogens is 1. The van der Waals surface area contributed by atoms with Gasteiger partial charge in [-0.3, -0.25) is 4.79 Å². The van der Waals surface area contributed by atoms with E-state index < -0.39 is 0 Å². The Morgan fingerprint density at radius 2 is 1.88 bits per heavy atom. The standard InChI is InChI=1S/C21H18N2O2/c22-13-15-10-19(11-15)25-18-7-5-14(6-8-18)9-17-12-16-3-1-2-4-20(16)23-21(17)24/h1-8,12,15,19H,9-11H2,(H,23,24). The van der Waals surface area contributed by atoms with Crippen LogP contribution < -0.4 is 10.3 Å². The van der Waals surface area contributed by atoms with Crippen LogP contribution in [0.25, 0.3) is 10.9 Å².